The molecular weight excluding hydrogens is 416 g/mol. The van der Waals surface area contributed by atoms with Crippen LogP contribution in [0.25, 0.3) is 0 Å². The topological polar surface area (TPSA) is 67.9 Å². The summed E-state index contributed by atoms with van der Waals surface area (Å²) in [5.74, 6) is 1.96. The van der Waals surface area contributed by atoms with Crippen molar-refractivity contribution < 1.29 is 19.1 Å². The lowest BCUT2D eigenvalue weighted by atomic mass is 9.92. The summed E-state index contributed by atoms with van der Waals surface area (Å²) in [5.41, 5.74) is 1.88. The number of benzene rings is 2. The second-order valence-electron chi connectivity index (χ2n) is 10.1. The number of hydrogen-bond donors (Lipinski definition) is 1. The minimum absolute atomic E-state index is 0.0264. The summed E-state index contributed by atoms with van der Waals surface area (Å²) in [7, 11) is 0. The Bertz CT molecular complexity index is 980. The van der Waals surface area contributed by atoms with Gasteiger partial charge in [-0.15, -0.1) is 0 Å². The number of amides is 2. The van der Waals surface area contributed by atoms with E-state index >= 15 is 0 Å². The van der Waals surface area contributed by atoms with E-state index in [1.165, 1.54) is 5.56 Å². The van der Waals surface area contributed by atoms with E-state index < -0.39 is 5.41 Å². The molecule has 33 heavy (non-hydrogen) atoms. The van der Waals surface area contributed by atoms with Gasteiger partial charge >= 0.3 is 0 Å². The Balaban J connectivity index is 1.71. The Morgan fingerprint density at radius 1 is 1.12 bits per heavy atom. The zero-order valence-corrected chi connectivity index (χ0v) is 20.6. The molecule has 0 radical (unpaired) electrons. The van der Waals surface area contributed by atoms with Crippen LogP contribution in [-0.4, -0.2) is 31.6 Å². The van der Waals surface area contributed by atoms with Gasteiger partial charge in [-0.3, -0.25) is 9.59 Å². The van der Waals surface area contributed by atoms with Crippen LogP contribution >= 0.6 is 0 Å². The smallest absolute Gasteiger partial charge is 0.262 e. The number of carbonyl (C=O) groups excluding carboxylic acids is 2. The number of fused-ring (bicyclic) bond motifs is 1. The van der Waals surface area contributed by atoms with Gasteiger partial charge in [0.15, 0.2) is 6.61 Å². The summed E-state index contributed by atoms with van der Waals surface area (Å²) in [6.45, 7) is 13.2. The van der Waals surface area contributed by atoms with Crippen molar-refractivity contribution in [3.63, 3.8) is 0 Å². The average molecular weight is 453 g/mol. The van der Waals surface area contributed by atoms with Crippen molar-refractivity contribution in [2.45, 2.75) is 53.9 Å². The lowest BCUT2D eigenvalue weighted by molar-refractivity contribution is -0.127. The van der Waals surface area contributed by atoms with Crippen LogP contribution in [0.2, 0.25) is 0 Å². The summed E-state index contributed by atoms with van der Waals surface area (Å²) < 4.78 is 11.6. The van der Waals surface area contributed by atoms with Gasteiger partial charge in [-0.1, -0.05) is 39.8 Å². The summed E-state index contributed by atoms with van der Waals surface area (Å²) in [5, 5.41) is 2.88. The standard InChI is InChI=1S/C27H36N2O4/c1-18(2)13-14-29-23-15-21(9-12-24(23)33-17-27(5,6)26(29)31)28-25(30)16-32-22-10-7-20(8-11-22)19(3)4/h7-12,15,18-19H,13-14,16-17H2,1-6H3,(H,28,30). The molecular formula is C27H36N2O4. The third-order valence-electron chi connectivity index (χ3n) is 5.79. The van der Waals surface area contributed by atoms with Crippen molar-refractivity contribution in [2.24, 2.45) is 11.3 Å². The average Bonchev–Trinajstić information content (AvgIpc) is 2.85. The molecule has 1 heterocycles. The number of carbonyl (C=O) groups is 2. The molecule has 6 nitrogen and oxygen atoms in total. The molecule has 0 aliphatic carbocycles. The Morgan fingerprint density at radius 3 is 2.45 bits per heavy atom. The summed E-state index contributed by atoms with van der Waals surface area (Å²) >= 11 is 0. The second-order valence-corrected chi connectivity index (χ2v) is 10.1. The molecule has 1 N–H and O–H groups in total. The minimum atomic E-state index is -0.627. The van der Waals surface area contributed by atoms with Crippen LogP contribution in [0.5, 0.6) is 11.5 Å². The first-order chi connectivity index (χ1) is 15.6. The molecule has 178 valence electrons. The quantitative estimate of drug-likeness (QED) is 0.564. The third kappa shape index (κ3) is 6.28. The second kappa shape index (κ2) is 10.3. The summed E-state index contributed by atoms with van der Waals surface area (Å²) in [4.78, 5) is 27.5. The molecule has 2 aromatic carbocycles. The number of rotatable bonds is 8. The van der Waals surface area contributed by atoms with Crippen LogP contribution in [0.3, 0.4) is 0 Å². The van der Waals surface area contributed by atoms with Gasteiger partial charge in [-0.25, -0.2) is 0 Å². The minimum Gasteiger partial charge on any atom is -0.490 e. The van der Waals surface area contributed by atoms with Gasteiger partial charge in [-0.2, -0.15) is 0 Å². The summed E-state index contributed by atoms with van der Waals surface area (Å²) in [6, 6.07) is 13.2. The van der Waals surface area contributed by atoms with E-state index in [2.05, 4.69) is 33.0 Å². The number of hydrogen-bond acceptors (Lipinski definition) is 4. The van der Waals surface area contributed by atoms with E-state index in [1.807, 2.05) is 50.2 Å². The van der Waals surface area contributed by atoms with Crippen molar-refractivity contribution in [3.05, 3.63) is 48.0 Å². The first kappa shape index (κ1) is 24.6. The van der Waals surface area contributed by atoms with Gasteiger partial charge in [0.05, 0.1) is 11.1 Å². The van der Waals surface area contributed by atoms with E-state index in [0.29, 0.717) is 47.9 Å². The Labute approximate surface area is 197 Å². The SMILES string of the molecule is CC(C)CCN1C(=O)C(C)(C)COc2ccc(NC(=O)COc3ccc(C(C)C)cc3)cc21. The maximum Gasteiger partial charge on any atom is 0.262 e. The van der Waals surface area contributed by atoms with E-state index in [4.69, 9.17) is 9.47 Å². The lowest BCUT2D eigenvalue weighted by Crippen LogP contribution is -2.42. The van der Waals surface area contributed by atoms with Crippen LogP contribution < -0.4 is 19.7 Å². The van der Waals surface area contributed by atoms with Crippen LogP contribution in [0.1, 0.15) is 59.4 Å². The van der Waals surface area contributed by atoms with Crippen LogP contribution in [0.4, 0.5) is 11.4 Å². The van der Waals surface area contributed by atoms with E-state index in [-0.39, 0.29) is 18.4 Å². The molecule has 1 aliphatic rings. The first-order valence-corrected chi connectivity index (χ1v) is 11.7. The Kier molecular flexibility index (Phi) is 7.67. The molecule has 0 saturated heterocycles. The normalized spacial score (nSPS) is 15.2. The monoisotopic (exact) mass is 452 g/mol. The van der Waals surface area contributed by atoms with Crippen molar-refractivity contribution in [3.8, 4) is 11.5 Å². The molecule has 0 saturated carbocycles. The first-order valence-electron chi connectivity index (χ1n) is 11.7. The molecule has 2 amide bonds. The molecule has 3 rings (SSSR count). The van der Waals surface area contributed by atoms with E-state index in [9.17, 15) is 9.59 Å². The summed E-state index contributed by atoms with van der Waals surface area (Å²) in [6.07, 6.45) is 0.876. The molecule has 0 unspecified atom stereocenters. The third-order valence-corrected chi connectivity index (χ3v) is 5.79. The predicted octanol–water partition coefficient (Wildman–Crippen LogP) is 5.63. The fraction of sp³-hybridized carbons (Fsp3) is 0.481. The Hall–Kier alpha value is -3.02. The maximum atomic E-state index is 13.2. The van der Waals surface area contributed by atoms with Gasteiger partial charge in [-0.05, 0) is 68.0 Å². The predicted molar refractivity (Wildman–Crippen MR) is 132 cm³/mol. The maximum absolute atomic E-state index is 13.2. The molecule has 0 atom stereocenters. The molecule has 0 aromatic heterocycles. The van der Waals surface area contributed by atoms with Crippen molar-refractivity contribution in [1.29, 1.82) is 0 Å². The number of anilines is 2. The molecule has 0 spiro atoms. The number of ether oxygens (including phenoxy) is 2. The fourth-order valence-electron chi connectivity index (χ4n) is 3.63. The molecule has 0 bridgehead atoms. The zero-order valence-electron chi connectivity index (χ0n) is 20.6. The van der Waals surface area contributed by atoms with E-state index in [0.717, 1.165) is 6.42 Å². The highest BCUT2D eigenvalue weighted by Gasteiger charge is 2.37. The van der Waals surface area contributed by atoms with Crippen LogP contribution in [-0.2, 0) is 9.59 Å². The zero-order chi connectivity index (χ0) is 24.2. The van der Waals surface area contributed by atoms with Crippen LogP contribution in [0.15, 0.2) is 42.5 Å². The van der Waals surface area contributed by atoms with Gasteiger partial charge in [0.25, 0.3) is 5.91 Å². The van der Waals surface area contributed by atoms with Crippen molar-refractivity contribution in [2.75, 3.05) is 30.0 Å². The molecule has 1 aliphatic heterocycles. The highest BCUT2D eigenvalue weighted by atomic mass is 16.5. The molecule has 0 fully saturated rings. The van der Waals surface area contributed by atoms with Crippen molar-refractivity contribution >= 4 is 23.2 Å². The Morgan fingerprint density at radius 2 is 1.82 bits per heavy atom. The highest BCUT2D eigenvalue weighted by molar-refractivity contribution is 6.00. The number of nitrogens with one attached hydrogen (secondary N) is 1. The fourth-order valence-corrected chi connectivity index (χ4v) is 3.63. The van der Waals surface area contributed by atoms with Crippen molar-refractivity contribution in [1.82, 2.24) is 0 Å². The molecule has 2 aromatic rings. The van der Waals surface area contributed by atoms with Gasteiger partial charge in [0, 0.05) is 12.2 Å². The van der Waals surface area contributed by atoms with Gasteiger partial charge in [0.1, 0.15) is 18.1 Å². The lowest BCUT2D eigenvalue weighted by Gasteiger charge is -2.28. The van der Waals surface area contributed by atoms with E-state index in [1.54, 1.807) is 11.0 Å². The van der Waals surface area contributed by atoms with Gasteiger partial charge in [0.2, 0.25) is 5.91 Å². The van der Waals surface area contributed by atoms with Gasteiger partial charge < -0.3 is 19.7 Å². The van der Waals surface area contributed by atoms with Crippen LogP contribution in [0, 0.1) is 11.3 Å². The molecule has 6 heteroatoms. The highest BCUT2D eigenvalue weighted by Crippen LogP contribution is 2.38. The number of nitrogens with zero attached hydrogens (tertiary/aromatic N) is 1. The largest absolute Gasteiger partial charge is 0.490 e.